The largest absolute Gasteiger partial charge is 0.497 e. The van der Waals surface area contributed by atoms with Crippen molar-refractivity contribution < 1.29 is 24.5 Å². The number of hydrogen-bond donors (Lipinski definition) is 3. The molecular formula is C26H27N3O5. The zero-order valence-electron chi connectivity index (χ0n) is 19.3. The van der Waals surface area contributed by atoms with E-state index in [9.17, 15) is 0 Å². The molecule has 0 amide bonds. The first-order valence-electron chi connectivity index (χ1n) is 10.6. The van der Waals surface area contributed by atoms with Gasteiger partial charge in [0.2, 0.25) is 0 Å². The Morgan fingerprint density at radius 2 is 1.56 bits per heavy atom. The summed E-state index contributed by atoms with van der Waals surface area (Å²) in [7, 11) is 1.70. The van der Waals surface area contributed by atoms with Crippen LogP contribution in [-0.2, 0) is 22.7 Å². The maximum Gasteiger partial charge on any atom is 0.414 e. The molecule has 0 bridgehead atoms. The summed E-state index contributed by atoms with van der Waals surface area (Å²) < 4.78 is 7.33. The molecule has 0 saturated carbocycles. The predicted octanol–water partition coefficient (Wildman–Crippen LogP) is 4.10. The lowest BCUT2D eigenvalue weighted by molar-refractivity contribution is -0.159. The van der Waals surface area contributed by atoms with Gasteiger partial charge in [-0.15, -0.1) is 0 Å². The van der Waals surface area contributed by atoms with Crippen molar-refractivity contribution in [3.8, 4) is 11.4 Å². The first-order valence-corrected chi connectivity index (χ1v) is 10.6. The second-order valence-electron chi connectivity index (χ2n) is 7.66. The molecule has 1 heterocycles. The Labute approximate surface area is 197 Å². The molecule has 8 heteroatoms. The van der Waals surface area contributed by atoms with Gasteiger partial charge in [0.05, 0.1) is 18.5 Å². The van der Waals surface area contributed by atoms with Crippen LogP contribution in [0.1, 0.15) is 22.5 Å². The number of para-hydroxylation sites is 1. The van der Waals surface area contributed by atoms with E-state index < -0.39 is 11.9 Å². The molecule has 3 N–H and O–H groups in total. The number of fused-ring (bicyclic) bond motifs is 1. The predicted molar refractivity (Wildman–Crippen MR) is 129 cm³/mol. The van der Waals surface area contributed by atoms with Gasteiger partial charge in [-0.05, 0) is 60.5 Å². The first kappa shape index (κ1) is 24.5. The van der Waals surface area contributed by atoms with E-state index in [1.54, 1.807) is 7.11 Å². The van der Waals surface area contributed by atoms with E-state index >= 15 is 0 Å². The van der Waals surface area contributed by atoms with Crippen LogP contribution in [0.4, 0.5) is 0 Å². The highest BCUT2D eigenvalue weighted by Crippen LogP contribution is 2.22. The Kier molecular flexibility index (Phi) is 8.00. The second kappa shape index (κ2) is 11.1. The van der Waals surface area contributed by atoms with Crippen LogP contribution < -0.4 is 10.1 Å². The smallest absolute Gasteiger partial charge is 0.414 e. The molecule has 0 aliphatic heterocycles. The monoisotopic (exact) mass is 461 g/mol. The zero-order valence-corrected chi connectivity index (χ0v) is 19.3. The van der Waals surface area contributed by atoms with E-state index in [0.29, 0.717) is 0 Å². The number of nitrogens with one attached hydrogen (secondary N) is 1. The number of carboxylic acids is 2. The summed E-state index contributed by atoms with van der Waals surface area (Å²) in [5.41, 5.74) is 5.87. The molecule has 0 spiro atoms. The molecule has 0 atom stereocenters. The molecule has 1 aromatic heterocycles. The summed E-state index contributed by atoms with van der Waals surface area (Å²) >= 11 is 0. The Morgan fingerprint density at radius 3 is 2.21 bits per heavy atom. The van der Waals surface area contributed by atoms with Crippen LogP contribution in [0.15, 0.2) is 66.7 Å². The van der Waals surface area contributed by atoms with Crippen LogP contribution in [0.2, 0.25) is 0 Å². The van der Waals surface area contributed by atoms with Crippen LogP contribution in [0.3, 0.4) is 0 Å². The van der Waals surface area contributed by atoms with Gasteiger partial charge < -0.3 is 20.3 Å². The fourth-order valence-corrected chi connectivity index (χ4v) is 3.59. The highest BCUT2D eigenvalue weighted by Gasteiger charge is 2.12. The third-order valence-electron chi connectivity index (χ3n) is 5.37. The maximum absolute atomic E-state index is 9.10. The molecule has 0 aliphatic carbocycles. The highest BCUT2D eigenvalue weighted by atomic mass is 16.5. The number of carboxylic acid groups (broad SMARTS) is 2. The van der Waals surface area contributed by atoms with E-state index in [1.807, 2.05) is 28.9 Å². The van der Waals surface area contributed by atoms with E-state index in [2.05, 4.69) is 61.6 Å². The van der Waals surface area contributed by atoms with Crippen molar-refractivity contribution >= 4 is 22.7 Å². The number of aliphatic carboxylic acids is 2. The lowest BCUT2D eigenvalue weighted by Gasteiger charge is -2.08. The Hall–Kier alpha value is -4.17. The summed E-state index contributed by atoms with van der Waals surface area (Å²) in [5.74, 6) is -2.76. The Morgan fingerprint density at radius 1 is 0.912 bits per heavy atom. The van der Waals surface area contributed by atoms with Gasteiger partial charge in [-0.3, -0.25) is 0 Å². The molecule has 4 rings (SSSR count). The van der Waals surface area contributed by atoms with E-state index in [1.165, 1.54) is 27.6 Å². The average Bonchev–Trinajstić information content (AvgIpc) is 3.13. The van der Waals surface area contributed by atoms with Crippen LogP contribution in [0.25, 0.3) is 16.5 Å². The van der Waals surface area contributed by atoms with Gasteiger partial charge in [0.15, 0.2) is 0 Å². The van der Waals surface area contributed by atoms with E-state index in [-0.39, 0.29) is 0 Å². The van der Waals surface area contributed by atoms with Crippen molar-refractivity contribution in [3.63, 3.8) is 0 Å². The fraction of sp³-hybridized carbons (Fsp3) is 0.192. The van der Waals surface area contributed by atoms with Crippen molar-refractivity contribution in [2.45, 2.75) is 26.9 Å². The lowest BCUT2D eigenvalue weighted by atomic mass is 10.1. The minimum Gasteiger partial charge on any atom is -0.497 e. The van der Waals surface area contributed by atoms with Crippen LogP contribution in [-0.4, -0.2) is 39.0 Å². The van der Waals surface area contributed by atoms with Crippen molar-refractivity contribution in [2.24, 2.45) is 0 Å². The Balaban J connectivity index is 0.000000481. The number of rotatable bonds is 6. The van der Waals surface area contributed by atoms with Gasteiger partial charge in [0, 0.05) is 24.3 Å². The summed E-state index contributed by atoms with van der Waals surface area (Å²) in [5, 5.41) is 25.5. The van der Waals surface area contributed by atoms with Crippen molar-refractivity contribution in [1.82, 2.24) is 15.1 Å². The first-order chi connectivity index (χ1) is 16.3. The Bertz CT molecular complexity index is 1290. The molecular weight excluding hydrogens is 434 g/mol. The molecule has 0 saturated heterocycles. The minimum absolute atomic E-state index is 0.797. The molecule has 0 aliphatic rings. The SMILES string of the molecule is COc1ccc2cc(CNCc3c(C)nn(-c4ccccc4)c3C)ccc2c1.O=C(O)C(=O)O. The number of hydrogen-bond acceptors (Lipinski definition) is 5. The van der Waals surface area contributed by atoms with E-state index in [0.717, 1.165) is 30.2 Å². The molecule has 0 fully saturated rings. The summed E-state index contributed by atoms with van der Waals surface area (Å²) in [4.78, 5) is 18.2. The molecule has 4 aromatic rings. The molecule has 3 aromatic carbocycles. The van der Waals surface area contributed by atoms with Gasteiger partial charge in [-0.1, -0.05) is 36.4 Å². The van der Waals surface area contributed by atoms with Gasteiger partial charge in [0.25, 0.3) is 0 Å². The van der Waals surface area contributed by atoms with Crippen LogP contribution >= 0.6 is 0 Å². The number of nitrogens with zero attached hydrogens (tertiary/aromatic N) is 2. The second-order valence-corrected chi connectivity index (χ2v) is 7.66. The quantitative estimate of drug-likeness (QED) is 0.371. The molecule has 34 heavy (non-hydrogen) atoms. The van der Waals surface area contributed by atoms with Crippen molar-refractivity contribution in [1.29, 1.82) is 0 Å². The standard InChI is InChI=1S/C24H25N3O.C2H2O4/c1-17-24(18(2)27(26-17)22-7-5-4-6-8-22)16-25-15-19-9-10-21-14-23(28-3)12-11-20(21)13-19;3-1(4)2(5)6/h4-14,25H,15-16H2,1-3H3;(H,3,4)(H,5,6). The molecule has 0 unspecified atom stereocenters. The highest BCUT2D eigenvalue weighted by molar-refractivity contribution is 6.27. The average molecular weight is 462 g/mol. The zero-order chi connectivity index (χ0) is 24.7. The summed E-state index contributed by atoms with van der Waals surface area (Å²) in [6.07, 6.45) is 0. The van der Waals surface area contributed by atoms with Gasteiger partial charge in [-0.25, -0.2) is 14.3 Å². The maximum atomic E-state index is 9.10. The van der Waals surface area contributed by atoms with Gasteiger partial charge >= 0.3 is 11.9 Å². The molecule has 0 radical (unpaired) electrons. The normalized spacial score (nSPS) is 10.4. The number of methoxy groups -OCH3 is 1. The molecule has 8 nitrogen and oxygen atoms in total. The van der Waals surface area contributed by atoms with Crippen LogP contribution in [0.5, 0.6) is 5.75 Å². The van der Waals surface area contributed by atoms with Gasteiger partial charge in [0.1, 0.15) is 5.75 Å². The van der Waals surface area contributed by atoms with Crippen LogP contribution in [0, 0.1) is 13.8 Å². The van der Waals surface area contributed by atoms with Crippen molar-refractivity contribution in [3.05, 3.63) is 89.2 Å². The number of carbonyl (C=O) groups is 2. The number of aromatic nitrogens is 2. The van der Waals surface area contributed by atoms with E-state index in [4.69, 9.17) is 29.6 Å². The number of ether oxygens (including phenoxy) is 1. The van der Waals surface area contributed by atoms with Gasteiger partial charge in [-0.2, -0.15) is 5.10 Å². The summed E-state index contributed by atoms with van der Waals surface area (Å²) in [6.45, 7) is 5.82. The minimum atomic E-state index is -1.82. The topological polar surface area (TPSA) is 114 Å². The molecule has 176 valence electrons. The fourth-order valence-electron chi connectivity index (χ4n) is 3.59. The summed E-state index contributed by atoms with van der Waals surface area (Å²) in [6, 6.07) is 23.0. The third kappa shape index (κ3) is 5.99. The number of aryl methyl sites for hydroxylation is 1. The van der Waals surface area contributed by atoms with Crippen molar-refractivity contribution in [2.75, 3.05) is 7.11 Å². The third-order valence-corrected chi connectivity index (χ3v) is 5.37. The lowest BCUT2D eigenvalue weighted by Crippen LogP contribution is -2.14. The number of benzene rings is 3.